The molecule has 37 heavy (non-hydrogen) atoms. The average molecular weight is 535 g/mol. The number of aliphatic hydroxyl groups excluding tert-OH is 1. The molecule has 3 aromatic heterocycles. The normalized spacial score (nSPS) is 19.2. The first-order chi connectivity index (χ1) is 17.5. The highest BCUT2D eigenvalue weighted by Gasteiger charge is 2.35. The molecule has 1 saturated heterocycles. The Morgan fingerprint density at radius 3 is 2.43 bits per heavy atom. The van der Waals surface area contributed by atoms with Crippen molar-refractivity contribution in [2.45, 2.75) is 29.6 Å². The van der Waals surface area contributed by atoms with Crippen LogP contribution in [0.5, 0.6) is 0 Å². The van der Waals surface area contributed by atoms with Crippen molar-refractivity contribution in [3.8, 4) is 11.1 Å². The second kappa shape index (κ2) is 9.28. The van der Waals surface area contributed by atoms with Crippen molar-refractivity contribution in [2.24, 2.45) is 0 Å². The molecule has 0 spiro atoms. The number of alkyl halides is 3. The molecule has 0 unspecified atom stereocenters. The molecular weight excluding hydrogens is 513 g/mol. The lowest BCUT2D eigenvalue weighted by atomic mass is 10.0. The summed E-state index contributed by atoms with van der Waals surface area (Å²) in [5, 5.41) is 13.4. The zero-order valence-electron chi connectivity index (χ0n) is 19.0. The predicted molar refractivity (Wildman–Crippen MR) is 128 cm³/mol. The van der Waals surface area contributed by atoms with Crippen molar-refractivity contribution in [1.29, 1.82) is 0 Å². The van der Waals surface area contributed by atoms with Gasteiger partial charge in [-0.25, -0.2) is 23.2 Å². The number of nitrogens with one attached hydrogen (secondary N) is 3. The zero-order valence-corrected chi connectivity index (χ0v) is 19.8. The lowest BCUT2D eigenvalue weighted by Gasteiger charge is -2.35. The van der Waals surface area contributed by atoms with E-state index in [1.807, 2.05) is 0 Å². The number of β-amino-alcohol motifs (C(OH)–C–C–N with tert-alkyl or cyclic N) is 1. The number of anilines is 1. The fourth-order valence-corrected chi connectivity index (χ4v) is 5.65. The van der Waals surface area contributed by atoms with Crippen LogP contribution in [-0.4, -0.2) is 63.0 Å². The van der Waals surface area contributed by atoms with E-state index in [4.69, 9.17) is 0 Å². The van der Waals surface area contributed by atoms with Crippen molar-refractivity contribution in [3.05, 3.63) is 70.9 Å². The highest BCUT2D eigenvalue weighted by atomic mass is 32.2. The molecule has 0 saturated carbocycles. The molecule has 4 heterocycles. The van der Waals surface area contributed by atoms with Gasteiger partial charge in [0.25, 0.3) is 0 Å². The van der Waals surface area contributed by atoms with Gasteiger partial charge in [0.2, 0.25) is 10.0 Å². The van der Waals surface area contributed by atoms with Crippen molar-refractivity contribution in [2.75, 3.05) is 18.4 Å². The molecule has 1 aromatic carbocycles. The third kappa shape index (κ3) is 5.08. The summed E-state index contributed by atoms with van der Waals surface area (Å²) in [7, 11) is -3.91. The van der Waals surface area contributed by atoms with Crippen LogP contribution in [0.2, 0.25) is 0 Å². The number of pyridine rings is 2. The van der Waals surface area contributed by atoms with Crippen molar-refractivity contribution >= 4 is 27.0 Å². The van der Waals surface area contributed by atoms with Crippen molar-refractivity contribution < 1.29 is 26.7 Å². The summed E-state index contributed by atoms with van der Waals surface area (Å²) in [5.74, 6) is 0.153. The fraction of sp³-hybridized carbons (Fsp3) is 0.261. The van der Waals surface area contributed by atoms with Crippen LogP contribution >= 0.6 is 0 Å². The summed E-state index contributed by atoms with van der Waals surface area (Å²) in [6, 6.07) is 9.36. The minimum absolute atomic E-state index is 0.0448. The Hall–Kier alpha value is -3.75. The summed E-state index contributed by atoms with van der Waals surface area (Å²) in [4.78, 5) is 24.6. The maximum Gasteiger partial charge on any atom is 0.417 e. The molecule has 10 nitrogen and oxygen atoms in total. The number of nitrogens with zero attached hydrogens (tertiary/aromatic N) is 3. The first kappa shape index (κ1) is 24.9. The number of piperidine rings is 1. The van der Waals surface area contributed by atoms with Crippen molar-refractivity contribution in [1.82, 2.24) is 24.2 Å². The Bertz CT molecular complexity index is 1580. The smallest absolute Gasteiger partial charge is 0.390 e. The van der Waals surface area contributed by atoms with E-state index >= 15 is 0 Å². The molecule has 0 aliphatic carbocycles. The van der Waals surface area contributed by atoms with Crippen LogP contribution in [0.4, 0.5) is 19.0 Å². The quantitative estimate of drug-likeness (QED) is 0.308. The first-order valence-corrected chi connectivity index (χ1v) is 12.6. The van der Waals surface area contributed by atoms with Gasteiger partial charge < -0.3 is 15.4 Å². The Balaban J connectivity index is 1.26. The number of benzene rings is 1. The van der Waals surface area contributed by atoms with Crippen LogP contribution in [0.1, 0.15) is 12.0 Å². The van der Waals surface area contributed by atoms with Gasteiger partial charge >= 0.3 is 11.9 Å². The topological polar surface area (TPSA) is 144 Å². The number of aromatic nitrogens is 4. The van der Waals surface area contributed by atoms with E-state index in [-0.39, 0.29) is 35.9 Å². The number of rotatable bonds is 5. The molecule has 4 N–H and O–H groups in total. The molecule has 1 aliphatic rings. The summed E-state index contributed by atoms with van der Waals surface area (Å²) in [6.45, 7) is -0.0925. The van der Waals surface area contributed by atoms with Crippen LogP contribution < -0.4 is 11.0 Å². The number of halogens is 3. The number of imidazole rings is 1. The molecule has 0 amide bonds. The van der Waals surface area contributed by atoms with Crippen molar-refractivity contribution in [3.63, 3.8) is 0 Å². The van der Waals surface area contributed by atoms with Gasteiger partial charge in [0, 0.05) is 31.0 Å². The van der Waals surface area contributed by atoms with Gasteiger partial charge in [0.1, 0.15) is 5.82 Å². The van der Waals surface area contributed by atoms with E-state index in [9.17, 15) is 31.5 Å². The number of aromatic amines is 2. The van der Waals surface area contributed by atoms with Gasteiger partial charge in [-0.15, -0.1) is 0 Å². The summed E-state index contributed by atoms with van der Waals surface area (Å²) in [5.41, 5.74) is 1.06. The number of fused-ring (bicyclic) bond motifs is 1. The summed E-state index contributed by atoms with van der Waals surface area (Å²) in [6.07, 6.45) is -3.12. The molecule has 0 bridgehead atoms. The molecule has 0 radical (unpaired) electrons. The van der Waals surface area contributed by atoms with E-state index in [0.717, 1.165) is 6.07 Å². The molecule has 4 aromatic rings. The second-order valence-corrected chi connectivity index (χ2v) is 10.6. The fourth-order valence-electron chi connectivity index (χ4n) is 4.17. The van der Waals surface area contributed by atoms with Gasteiger partial charge in [-0.3, -0.25) is 4.98 Å². The molecule has 1 aliphatic heterocycles. The van der Waals surface area contributed by atoms with Crippen LogP contribution in [0.3, 0.4) is 0 Å². The number of hydrogen-bond acceptors (Lipinski definition) is 7. The van der Waals surface area contributed by atoms with Crippen LogP contribution in [0, 0.1) is 0 Å². The first-order valence-electron chi connectivity index (χ1n) is 11.2. The minimum atomic E-state index is -4.50. The third-order valence-electron chi connectivity index (χ3n) is 6.16. The van der Waals surface area contributed by atoms with E-state index in [1.165, 1.54) is 22.5 Å². The Morgan fingerprint density at radius 2 is 1.78 bits per heavy atom. The van der Waals surface area contributed by atoms with Gasteiger partial charge in [-0.1, -0.05) is 12.1 Å². The lowest BCUT2D eigenvalue weighted by molar-refractivity contribution is -0.137. The maximum absolute atomic E-state index is 13.2. The number of aliphatic hydroxyl groups is 1. The molecule has 1 fully saturated rings. The Morgan fingerprint density at radius 1 is 1.03 bits per heavy atom. The SMILES string of the molecule is O=c1[nH]c2cc(-c3ccc(S(=O)(=O)N4CC[C@@H](Nc5ccc(C(F)(F)F)cn5)[C@@H](O)C4)cc3)cnc2[nH]1. The molecule has 14 heteroatoms. The third-order valence-corrected chi connectivity index (χ3v) is 8.04. The average Bonchev–Trinajstić information content (AvgIpc) is 3.24. The van der Waals surface area contributed by atoms with Crippen LogP contribution in [0.15, 0.2) is 64.5 Å². The zero-order chi connectivity index (χ0) is 26.4. The van der Waals surface area contributed by atoms with Gasteiger partial charge in [-0.05, 0) is 42.3 Å². The monoisotopic (exact) mass is 534 g/mol. The van der Waals surface area contributed by atoms with E-state index in [0.29, 0.717) is 28.5 Å². The van der Waals surface area contributed by atoms with Crippen LogP contribution in [-0.2, 0) is 16.2 Å². The van der Waals surface area contributed by atoms with Crippen LogP contribution in [0.25, 0.3) is 22.3 Å². The van der Waals surface area contributed by atoms with E-state index in [1.54, 1.807) is 24.4 Å². The summed E-state index contributed by atoms with van der Waals surface area (Å²) >= 11 is 0. The van der Waals surface area contributed by atoms with Gasteiger partial charge in [0.15, 0.2) is 5.65 Å². The Labute approximate surface area is 208 Å². The molecule has 2 atom stereocenters. The largest absolute Gasteiger partial charge is 0.417 e. The number of hydrogen-bond donors (Lipinski definition) is 4. The van der Waals surface area contributed by atoms with Gasteiger partial charge in [-0.2, -0.15) is 17.5 Å². The second-order valence-electron chi connectivity index (χ2n) is 8.62. The standard InChI is InChI=1S/C23H21F3N6O4S/c24-23(25,26)15-3-6-20(27-11-15)29-17-7-8-32(12-19(17)33)37(35,36)16-4-1-13(2-5-16)14-9-18-21(28-10-14)31-22(34)30-18/h1-6,9-11,17,19,33H,7-8,12H2,(H,27,29)(H2,28,30,31,34)/t17-,19+/m1/s1. The Kier molecular flexibility index (Phi) is 6.25. The van der Waals surface area contributed by atoms with E-state index < -0.39 is 33.9 Å². The highest BCUT2D eigenvalue weighted by molar-refractivity contribution is 7.89. The lowest BCUT2D eigenvalue weighted by Crippen LogP contribution is -2.51. The molecule has 194 valence electrons. The number of H-pyrrole nitrogens is 2. The highest BCUT2D eigenvalue weighted by Crippen LogP contribution is 2.30. The molecular formula is C23H21F3N6O4S. The van der Waals surface area contributed by atoms with E-state index in [2.05, 4.69) is 25.3 Å². The minimum Gasteiger partial charge on any atom is -0.390 e. The predicted octanol–water partition coefficient (Wildman–Crippen LogP) is 2.57. The molecule has 5 rings (SSSR count). The number of sulfonamides is 1. The maximum atomic E-state index is 13.2. The van der Waals surface area contributed by atoms with Gasteiger partial charge in [0.05, 0.1) is 28.1 Å². The summed E-state index contributed by atoms with van der Waals surface area (Å²) < 4.78 is 65.7.